The van der Waals surface area contributed by atoms with Gasteiger partial charge >= 0.3 is 0 Å². The van der Waals surface area contributed by atoms with Crippen LogP contribution in [0.4, 0.5) is 0 Å². The first-order valence-corrected chi connectivity index (χ1v) is 5.27. The zero-order valence-corrected chi connectivity index (χ0v) is 9.73. The van der Waals surface area contributed by atoms with Crippen LogP contribution in [0.25, 0.3) is 10.9 Å². The number of benzene rings is 1. The molecule has 1 aromatic carbocycles. The van der Waals surface area contributed by atoms with Crippen molar-refractivity contribution >= 4 is 16.8 Å². The van der Waals surface area contributed by atoms with E-state index in [2.05, 4.69) is 10.3 Å². The van der Waals surface area contributed by atoms with Crippen molar-refractivity contribution in [2.45, 2.75) is 13.3 Å². The van der Waals surface area contributed by atoms with E-state index in [-0.39, 0.29) is 41.5 Å². The van der Waals surface area contributed by atoms with Gasteiger partial charge in [-0.05, 0) is 30.1 Å². The van der Waals surface area contributed by atoms with Crippen LogP contribution in [0, 0.1) is 0 Å². The summed E-state index contributed by atoms with van der Waals surface area (Å²) in [6.45, 7) is 1.75. The highest BCUT2D eigenvalue weighted by Crippen LogP contribution is 2.23. The van der Waals surface area contributed by atoms with Crippen molar-refractivity contribution in [1.82, 2.24) is 10.3 Å². The third-order valence-corrected chi connectivity index (χ3v) is 2.38. The Bertz CT molecular complexity index is 712. The van der Waals surface area contributed by atoms with Gasteiger partial charge in [0.2, 0.25) is 5.91 Å². The summed E-state index contributed by atoms with van der Waals surface area (Å²) in [4.78, 5) is 13.6. The van der Waals surface area contributed by atoms with Gasteiger partial charge in [-0.15, -0.1) is 0 Å². The molecule has 0 spiro atoms. The Balaban J connectivity index is 2.58. The van der Waals surface area contributed by atoms with Crippen molar-refractivity contribution in [2.75, 3.05) is 13.7 Å². The van der Waals surface area contributed by atoms with Crippen LogP contribution in [-0.2, 0) is 11.2 Å². The average molecular weight is 236 g/mol. The molecule has 2 aromatic rings. The molecule has 2 N–H and O–H groups in total. The highest BCUT2D eigenvalue weighted by Gasteiger charge is 2.05. The molecular formula is C13H16N2O2. The number of aromatic amines is 1. The molecule has 0 bridgehead atoms. The molecule has 0 saturated carbocycles. The Kier molecular flexibility index (Phi) is 2.13. The minimum atomic E-state index is -0.176. The molecule has 0 unspecified atom stereocenters. The summed E-state index contributed by atoms with van der Waals surface area (Å²) >= 11 is 0. The Labute approximate surface area is 106 Å². The number of aromatic nitrogens is 1. The molecule has 0 aliphatic rings. The van der Waals surface area contributed by atoms with Crippen molar-refractivity contribution in [3.05, 3.63) is 29.9 Å². The summed E-state index contributed by atoms with van der Waals surface area (Å²) in [6, 6.07) is -0.289. The van der Waals surface area contributed by atoms with Gasteiger partial charge in [0.25, 0.3) is 0 Å². The van der Waals surface area contributed by atoms with E-state index < -0.39 is 0 Å². The van der Waals surface area contributed by atoms with Gasteiger partial charge in [-0.3, -0.25) is 4.79 Å². The number of hydrogen-bond donors (Lipinski definition) is 2. The molecule has 17 heavy (non-hydrogen) atoms. The van der Waals surface area contributed by atoms with Gasteiger partial charge in [0.1, 0.15) is 5.75 Å². The molecule has 90 valence electrons. The van der Waals surface area contributed by atoms with Gasteiger partial charge in [0.15, 0.2) is 0 Å². The number of methoxy groups -OCH3 is 1. The first kappa shape index (κ1) is 7.37. The predicted molar refractivity (Wildman–Crippen MR) is 67.2 cm³/mol. The fraction of sp³-hybridized carbons (Fsp3) is 0.308. The van der Waals surface area contributed by atoms with E-state index in [0.29, 0.717) is 23.9 Å². The smallest absolute Gasteiger partial charge is 0.216 e. The van der Waals surface area contributed by atoms with E-state index in [0.717, 1.165) is 0 Å². The average Bonchev–Trinajstić information content (AvgIpc) is 2.74. The van der Waals surface area contributed by atoms with E-state index >= 15 is 0 Å². The molecule has 1 heterocycles. The summed E-state index contributed by atoms with van der Waals surface area (Å²) in [7, 11) is 1.35. The van der Waals surface area contributed by atoms with Crippen LogP contribution in [0.1, 0.15) is 18.0 Å². The maximum absolute atomic E-state index is 10.9. The van der Waals surface area contributed by atoms with Gasteiger partial charge in [-0.25, -0.2) is 0 Å². The van der Waals surface area contributed by atoms with Gasteiger partial charge < -0.3 is 15.0 Å². The summed E-state index contributed by atoms with van der Waals surface area (Å²) in [5.41, 5.74) is 0.823. The molecule has 4 nitrogen and oxygen atoms in total. The maximum Gasteiger partial charge on any atom is 0.216 e. The van der Waals surface area contributed by atoms with E-state index in [1.165, 1.54) is 14.0 Å². The summed E-state index contributed by atoms with van der Waals surface area (Å²) in [6.07, 6.45) is 0.453. The van der Waals surface area contributed by atoms with Gasteiger partial charge in [0, 0.05) is 30.5 Å². The van der Waals surface area contributed by atoms with E-state index in [9.17, 15) is 4.79 Å². The van der Waals surface area contributed by atoms with Crippen molar-refractivity contribution < 1.29 is 15.0 Å². The monoisotopic (exact) mass is 236 g/mol. The molecule has 0 radical (unpaired) electrons. The second kappa shape index (κ2) is 4.91. The Morgan fingerprint density at radius 2 is 2.41 bits per heavy atom. The number of carbonyl (C=O) groups excluding carboxylic acids is 1. The third kappa shape index (κ3) is 2.58. The fourth-order valence-electron chi connectivity index (χ4n) is 1.56. The largest absolute Gasteiger partial charge is 0.497 e. The quantitative estimate of drug-likeness (QED) is 0.851. The van der Waals surface area contributed by atoms with Crippen LogP contribution >= 0.6 is 0 Å². The Morgan fingerprint density at radius 1 is 1.59 bits per heavy atom. The number of hydrogen-bond acceptors (Lipinski definition) is 2. The summed E-state index contributed by atoms with van der Waals surface area (Å²) in [5, 5.41) is 3.04. The number of nitrogens with one attached hydrogen (secondary N) is 2. The molecule has 0 aliphatic carbocycles. The maximum atomic E-state index is 10.9. The number of H-pyrrole nitrogens is 1. The molecule has 1 amide bonds. The molecule has 0 atom stereocenters. The lowest BCUT2D eigenvalue weighted by atomic mass is 10.1. The molecule has 0 fully saturated rings. The second-order valence-electron chi connectivity index (χ2n) is 3.62. The van der Waals surface area contributed by atoms with Gasteiger partial charge in [0.05, 0.1) is 12.6 Å². The van der Waals surface area contributed by atoms with Gasteiger partial charge in [-0.2, -0.15) is 0 Å². The summed E-state index contributed by atoms with van der Waals surface area (Å²) < 4.78 is 36.9. The van der Waals surface area contributed by atoms with Gasteiger partial charge in [-0.1, -0.05) is 0 Å². The minimum absolute atomic E-state index is 0.0129. The Hall–Kier alpha value is -1.97. The van der Waals surface area contributed by atoms with Crippen LogP contribution in [0.15, 0.2) is 24.3 Å². The highest BCUT2D eigenvalue weighted by molar-refractivity contribution is 5.84. The van der Waals surface area contributed by atoms with Crippen molar-refractivity contribution in [1.29, 1.82) is 0 Å². The van der Waals surface area contributed by atoms with Crippen LogP contribution < -0.4 is 10.1 Å². The first-order chi connectivity index (χ1) is 9.88. The lowest BCUT2D eigenvalue weighted by molar-refractivity contribution is -0.118. The highest BCUT2D eigenvalue weighted by atomic mass is 16.5. The molecule has 0 saturated heterocycles. The van der Waals surface area contributed by atoms with E-state index in [4.69, 9.17) is 10.2 Å². The van der Waals surface area contributed by atoms with Crippen LogP contribution in [0.5, 0.6) is 5.75 Å². The summed E-state index contributed by atoms with van der Waals surface area (Å²) in [5.74, 6) is -0.146. The lowest BCUT2D eigenvalue weighted by Gasteiger charge is -2.03. The predicted octanol–water partition coefficient (Wildman–Crippen LogP) is 1.86. The number of amides is 1. The van der Waals surface area contributed by atoms with Crippen molar-refractivity contribution in [2.24, 2.45) is 0 Å². The topological polar surface area (TPSA) is 54.1 Å². The van der Waals surface area contributed by atoms with Crippen LogP contribution in [0.2, 0.25) is 0 Å². The molecular weight excluding hydrogens is 216 g/mol. The minimum Gasteiger partial charge on any atom is -0.497 e. The third-order valence-electron chi connectivity index (χ3n) is 2.38. The van der Waals surface area contributed by atoms with E-state index in [1.807, 2.05) is 0 Å². The number of rotatable bonds is 4. The lowest BCUT2D eigenvalue weighted by Crippen LogP contribution is -2.22. The van der Waals surface area contributed by atoms with Crippen molar-refractivity contribution in [3.8, 4) is 5.75 Å². The standard InChI is InChI=1S/C13H16N2O2/c1-9(16)14-6-5-10-8-15-13-4-3-11(17-2)7-12(10)13/h3-4,7-8,15H,5-6H2,1-2H3,(H,14,16)/i3D,4D,7D,8D. The number of carbonyl (C=O) groups is 1. The van der Waals surface area contributed by atoms with Crippen LogP contribution in [0.3, 0.4) is 0 Å². The Morgan fingerprint density at radius 3 is 3.12 bits per heavy atom. The SMILES string of the molecule is [2H]c1[nH]c2c([2H])c([2H])c(OC)c([2H])c2c1CCNC(C)=O. The second-order valence-corrected chi connectivity index (χ2v) is 3.62. The zero-order chi connectivity index (χ0) is 15.7. The number of fused-ring (bicyclic) bond motifs is 1. The van der Waals surface area contributed by atoms with Crippen molar-refractivity contribution in [3.63, 3.8) is 0 Å². The molecule has 4 heteroatoms. The van der Waals surface area contributed by atoms with E-state index in [1.54, 1.807) is 0 Å². The molecule has 2 rings (SSSR count). The normalized spacial score (nSPS) is 13.8. The van der Waals surface area contributed by atoms with Crippen LogP contribution in [-0.4, -0.2) is 24.5 Å². The zero-order valence-electron chi connectivity index (χ0n) is 13.7. The molecule has 0 aliphatic heterocycles. The fourth-order valence-corrected chi connectivity index (χ4v) is 1.56. The molecule has 1 aromatic heterocycles. The first-order valence-electron chi connectivity index (χ1n) is 7.27. The number of ether oxygens (including phenoxy) is 1.